The Hall–Kier alpha value is -1.55. The zero-order valence-corrected chi connectivity index (χ0v) is 12.9. The summed E-state index contributed by atoms with van der Waals surface area (Å²) >= 11 is 0. The lowest BCUT2D eigenvalue weighted by atomic mass is 9.80. The molecular weight excluding hydrogens is 276 g/mol. The maximum Gasteiger partial charge on any atom is 0.322 e. The zero-order valence-electron chi connectivity index (χ0n) is 12.9. The third-order valence-corrected chi connectivity index (χ3v) is 5.81. The SMILES string of the molecule is O=C(Nc1ccc(C2CCC2)cc1)N1CC[C@@H]2CC[C@@H](O)[C@@H]21. The average Bonchev–Trinajstić information content (AvgIpc) is 3.03. The topological polar surface area (TPSA) is 52.6 Å². The largest absolute Gasteiger partial charge is 0.391 e. The fourth-order valence-electron chi connectivity index (χ4n) is 4.28. The van der Waals surface area contributed by atoms with E-state index < -0.39 is 0 Å². The molecule has 2 N–H and O–H groups in total. The third kappa shape index (κ3) is 2.39. The number of amides is 2. The van der Waals surface area contributed by atoms with Crippen molar-refractivity contribution in [2.24, 2.45) is 5.92 Å². The first-order valence-corrected chi connectivity index (χ1v) is 8.58. The first-order chi connectivity index (χ1) is 10.7. The molecule has 4 rings (SSSR count). The highest BCUT2D eigenvalue weighted by atomic mass is 16.3. The van der Waals surface area contributed by atoms with Crippen molar-refractivity contribution in [3.05, 3.63) is 29.8 Å². The molecule has 118 valence electrons. The maximum absolute atomic E-state index is 12.5. The van der Waals surface area contributed by atoms with Crippen molar-refractivity contribution in [3.8, 4) is 0 Å². The number of anilines is 1. The molecule has 0 spiro atoms. The zero-order chi connectivity index (χ0) is 15.1. The van der Waals surface area contributed by atoms with Crippen molar-refractivity contribution in [1.82, 2.24) is 4.90 Å². The number of hydrogen-bond acceptors (Lipinski definition) is 2. The second-order valence-electron chi connectivity index (χ2n) is 7.06. The van der Waals surface area contributed by atoms with Crippen LogP contribution >= 0.6 is 0 Å². The van der Waals surface area contributed by atoms with Gasteiger partial charge in [-0.1, -0.05) is 18.6 Å². The molecule has 3 atom stereocenters. The summed E-state index contributed by atoms with van der Waals surface area (Å²) in [5.41, 5.74) is 2.24. The van der Waals surface area contributed by atoms with E-state index in [2.05, 4.69) is 17.4 Å². The molecule has 4 nitrogen and oxygen atoms in total. The quantitative estimate of drug-likeness (QED) is 0.880. The van der Waals surface area contributed by atoms with Crippen LogP contribution in [0.15, 0.2) is 24.3 Å². The van der Waals surface area contributed by atoms with Crippen LogP contribution in [0.4, 0.5) is 10.5 Å². The first-order valence-electron chi connectivity index (χ1n) is 8.58. The summed E-state index contributed by atoms with van der Waals surface area (Å²) in [5.74, 6) is 1.21. The highest BCUT2D eigenvalue weighted by molar-refractivity contribution is 5.89. The van der Waals surface area contributed by atoms with Crippen molar-refractivity contribution < 1.29 is 9.90 Å². The van der Waals surface area contributed by atoms with Gasteiger partial charge in [0, 0.05) is 12.2 Å². The molecule has 2 saturated carbocycles. The van der Waals surface area contributed by atoms with Gasteiger partial charge in [-0.25, -0.2) is 4.79 Å². The molecule has 2 amide bonds. The smallest absolute Gasteiger partial charge is 0.322 e. The number of rotatable bonds is 2. The van der Waals surface area contributed by atoms with Gasteiger partial charge in [0.25, 0.3) is 0 Å². The van der Waals surface area contributed by atoms with E-state index in [0.717, 1.165) is 37.4 Å². The van der Waals surface area contributed by atoms with Gasteiger partial charge in [0.05, 0.1) is 12.1 Å². The van der Waals surface area contributed by atoms with Gasteiger partial charge in [0.2, 0.25) is 0 Å². The Morgan fingerprint density at radius 3 is 2.55 bits per heavy atom. The van der Waals surface area contributed by atoms with Gasteiger partial charge in [-0.05, 0) is 61.6 Å². The van der Waals surface area contributed by atoms with Crippen LogP contribution in [0.25, 0.3) is 0 Å². The predicted octanol–water partition coefficient (Wildman–Crippen LogP) is 3.33. The molecule has 1 saturated heterocycles. The number of aliphatic hydroxyl groups is 1. The van der Waals surface area contributed by atoms with E-state index in [1.54, 1.807) is 0 Å². The van der Waals surface area contributed by atoms with E-state index in [0.29, 0.717) is 5.92 Å². The molecule has 3 aliphatic rings. The molecule has 3 fully saturated rings. The number of benzene rings is 1. The molecule has 0 aromatic heterocycles. The second-order valence-corrected chi connectivity index (χ2v) is 7.06. The molecule has 0 radical (unpaired) electrons. The Morgan fingerprint density at radius 1 is 1.09 bits per heavy atom. The summed E-state index contributed by atoms with van der Waals surface area (Å²) in [7, 11) is 0. The summed E-state index contributed by atoms with van der Waals surface area (Å²) in [5, 5.41) is 13.1. The Morgan fingerprint density at radius 2 is 1.86 bits per heavy atom. The molecular formula is C18H24N2O2. The van der Waals surface area contributed by atoms with Crippen LogP contribution in [0.5, 0.6) is 0 Å². The lowest BCUT2D eigenvalue weighted by molar-refractivity contribution is 0.101. The number of nitrogens with one attached hydrogen (secondary N) is 1. The third-order valence-electron chi connectivity index (χ3n) is 5.81. The van der Waals surface area contributed by atoms with Crippen molar-refractivity contribution in [2.45, 2.75) is 56.6 Å². The number of urea groups is 1. The summed E-state index contributed by atoms with van der Waals surface area (Å²) in [4.78, 5) is 14.3. The number of hydrogen-bond donors (Lipinski definition) is 2. The van der Waals surface area contributed by atoms with Gasteiger partial charge < -0.3 is 15.3 Å². The molecule has 1 heterocycles. The Labute approximate surface area is 131 Å². The highest BCUT2D eigenvalue weighted by Crippen LogP contribution is 2.39. The normalized spacial score (nSPS) is 31.0. The van der Waals surface area contributed by atoms with E-state index in [9.17, 15) is 9.90 Å². The lowest BCUT2D eigenvalue weighted by Crippen LogP contribution is -2.44. The van der Waals surface area contributed by atoms with Crippen molar-refractivity contribution in [3.63, 3.8) is 0 Å². The van der Waals surface area contributed by atoms with Crippen LogP contribution in [-0.4, -0.2) is 34.7 Å². The van der Waals surface area contributed by atoms with Gasteiger partial charge in [0.1, 0.15) is 0 Å². The number of carbonyl (C=O) groups is 1. The molecule has 1 aromatic carbocycles. The van der Waals surface area contributed by atoms with Crippen LogP contribution in [-0.2, 0) is 0 Å². The standard InChI is InChI=1S/C18H24N2O2/c21-16-9-6-14-10-11-20(17(14)16)18(22)19-15-7-4-13(5-8-15)12-2-1-3-12/h4-5,7-8,12,14,16-17,21H,1-3,6,9-11H2,(H,19,22)/t14-,16+,17+/m0/s1. The van der Waals surface area contributed by atoms with Gasteiger partial charge in [-0.2, -0.15) is 0 Å². The number of likely N-dealkylation sites (tertiary alicyclic amines) is 1. The van der Waals surface area contributed by atoms with Gasteiger partial charge >= 0.3 is 6.03 Å². The van der Waals surface area contributed by atoms with Gasteiger partial charge in [-0.3, -0.25) is 0 Å². The molecule has 1 aromatic rings. The molecule has 1 aliphatic heterocycles. The maximum atomic E-state index is 12.5. The van der Waals surface area contributed by atoms with E-state index in [4.69, 9.17) is 0 Å². The summed E-state index contributed by atoms with van der Waals surface area (Å²) in [6.45, 7) is 0.762. The van der Waals surface area contributed by atoms with Gasteiger partial charge in [0.15, 0.2) is 0 Å². The Bertz CT molecular complexity index is 553. The van der Waals surface area contributed by atoms with Crippen molar-refractivity contribution in [2.75, 3.05) is 11.9 Å². The molecule has 4 heteroatoms. The fourth-order valence-corrected chi connectivity index (χ4v) is 4.28. The minimum Gasteiger partial charge on any atom is -0.391 e. The first kappa shape index (κ1) is 14.1. The Kier molecular flexibility index (Phi) is 3.57. The predicted molar refractivity (Wildman–Crippen MR) is 85.9 cm³/mol. The second kappa shape index (κ2) is 5.58. The van der Waals surface area contributed by atoms with Crippen molar-refractivity contribution in [1.29, 1.82) is 0 Å². The molecule has 2 aliphatic carbocycles. The molecule has 0 bridgehead atoms. The van der Waals surface area contributed by atoms with Crippen LogP contribution in [0.3, 0.4) is 0 Å². The lowest BCUT2D eigenvalue weighted by Gasteiger charge is -2.27. The van der Waals surface area contributed by atoms with Crippen molar-refractivity contribution >= 4 is 11.7 Å². The van der Waals surface area contributed by atoms with E-state index in [1.165, 1.54) is 24.8 Å². The number of fused-ring (bicyclic) bond motifs is 1. The average molecular weight is 300 g/mol. The van der Waals surface area contributed by atoms with E-state index >= 15 is 0 Å². The van der Waals surface area contributed by atoms with E-state index in [1.807, 2.05) is 17.0 Å². The summed E-state index contributed by atoms with van der Waals surface area (Å²) < 4.78 is 0. The van der Waals surface area contributed by atoms with Crippen LogP contribution in [0.2, 0.25) is 0 Å². The Balaban J connectivity index is 1.41. The molecule has 0 unspecified atom stereocenters. The minimum atomic E-state index is -0.348. The van der Waals surface area contributed by atoms with Gasteiger partial charge in [-0.15, -0.1) is 0 Å². The minimum absolute atomic E-state index is 0.0225. The number of nitrogens with zero attached hydrogens (tertiary/aromatic N) is 1. The monoisotopic (exact) mass is 300 g/mol. The number of carbonyl (C=O) groups excluding carboxylic acids is 1. The molecule has 22 heavy (non-hydrogen) atoms. The van der Waals surface area contributed by atoms with Crippen LogP contribution < -0.4 is 5.32 Å². The van der Waals surface area contributed by atoms with Crippen LogP contribution in [0, 0.1) is 5.92 Å². The highest BCUT2D eigenvalue weighted by Gasteiger charge is 2.45. The van der Waals surface area contributed by atoms with E-state index in [-0.39, 0.29) is 18.2 Å². The summed E-state index contributed by atoms with van der Waals surface area (Å²) in [6, 6.07) is 8.24. The summed E-state index contributed by atoms with van der Waals surface area (Å²) in [6.07, 6.45) is 6.47. The fraction of sp³-hybridized carbons (Fsp3) is 0.611. The van der Waals surface area contributed by atoms with Crippen LogP contribution in [0.1, 0.15) is 50.0 Å². The number of aliphatic hydroxyl groups excluding tert-OH is 1.